The molecule has 170 valence electrons. The van der Waals surface area contributed by atoms with Crippen molar-refractivity contribution in [1.29, 1.82) is 0 Å². The molecule has 3 aromatic heterocycles. The third kappa shape index (κ3) is 4.46. The number of carbonyl (C=O) groups is 1. The largest absolute Gasteiger partial charge is 0.426 e. The summed E-state index contributed by atoms with van der Waals surface area (Å²) < 4.78 is 21.0. The molecule has 10 heteroatoms. The molecule has 0 aliphatic carbocycles. The fourth-order valence-electron chi connectivity index (χ4n) is 3.52. The number of hydrogen-bond acceptors (Lipinski definition) is 8. The van der Waals surface area contributed by atoms with Crippen LogP contribution in [0.1, 0.15) is 12.2 Å². The molecule has 2 aromatic carbocycles. The van der Waals surface area contributed by atoms with E-state index in [0.717, 1.165) is 0 Å². The Balaban J connectivity index is 1.47. The predicted octanol–water partition coefficient (Wildman–Crippen LogP) is 5.40. The third-order valence-electron chi connectivity index (χ3n) is 5.04. The fourth-order valence-corrected chi connectivity index (χ4v) is 3.86. The molecule has 0 unspecified atom stereocenters. The minimum atomic E-state index is -0.682. The van der Waals surface area contributed by atoms with E-state index < -0.39 is 17.2 Å². The van der Waals surface area contributed by atoms with Crippen LogP contribution >= 0.6 is 23.2 Å². The highest BCUT2D eigenvalue weighted by atomic mass is 35.5. The van der Waals surface area contributed by atoms with Crippen LogP contribution in [-0.4, -0.2) is 11.1 Å². The van der Waals surface area contributed by atoms with Crippen LogP contribution in [0.15, 0.2) is 77.5 Å². The second kappa shape index (κ2) is 8.81. The number of hydrogen-bond donors (Lipinski definition) is 0. The van der Waals surface area contributed by atoms with Crippen LogP contribution < -0.4 is 16.0 Å². The van der Waals surface area contributed by atoms with Gasteiger partial charge in [0.2, 0.25) is 0 Å². The van der Waals surface area contributed by atoms with Crippen molar-refractivity contribution in [2.24, 2.45) is 0 Å². The van der Waals surface area contributed by atoms with Gasteiger partial charge in [0.15, 0.2) is 5.15 Å². The molecule has 0 aliphatic heterocycles. The predicted molar refractivity (Wildman–Crippen MR) is 124 cm³/mol. The first-order valence-electron chi connectivity index (χ1n) is 9.99. The van der Waals surface area contributed by atoms with Gasteiger partial charge in [0.1, 0.15) is 22.7 Å². The van der Waals surface area contributed by atoms with Gasteiger partial charge in [-0.1, -0.05) is 28.4 Å². The van der Waals surface area contributed by atoms with Crippen LogP contribution in [-0.2, 0) is 11.2 Å². The van der Waals surface area contributed by atoms with Gasteiger partial charge in [-0.05, 0) is 36.4 Å². The first kappa shape index (κ1) is 21.9. The highest BCUT2D eigenvalue weighted by molar-refractivity contribution is 6.31. The van der Waals surface area contributed by atoms with Crippen LogP contribution in [0.3, 0.4) is 0 Å². The van der Waals surface area contributed by atoms with E-state index in [0.29, 0.717) is 32.7 Å². The molecule has 0 fully saturated rings. The molecule has 8 nitrogen and oxygen atoms in total. The number of aryl methyl sites for hydroxylation is 1. The Morgan fingerprint density at radius 2 is 1.76 bits per heavy atom. The summed E-state index contributed by atoms with van der Waals surface area (Å²) in [6.07, 6.45) is 0.279. The van der Waals surface area contributed by atoms with Gasteiger partial charge in [-0.3, -0.25) is 4.79 Å². The van der Waals surface area contributed by atoms with Crippen molar-refractivity contribution >= 4 is 51.1 Å². The zero-order chi connectivity index (χ0) is 23.8. The lowest BCUT2D eigenvalue weighted by Crippen LogP contribution is -2.09. The Hall–Kier alpha value is -3.88. The number of rotatable bonds is 5. The van der Waals surface area contributed by atoms with Crippen molar-refractivity contribution in [3.63, 3.8) is 0 Å². The zero-order valence-electron chi connectivity index (χ0n) is 17.2. The number of esters is 1. The highest BCUT2D eigenvalue weighted by Gasteiger charge is 2.16. The second-order valence-corrected chi connectivity index (χ2v) is 8.18. The Labute approximate surface area is 200 Å². The molecular formula is C24H13Cl2NO7. The lowest BCUT2D eigenvalue weighted by molar-refractivity contribution is -0.134. The first-order chi connectivity index (χ1) is 16.4. The molecule has 0 aliphatic rings. The molecule has 34 heavy (non-hydrogen) atoms. The summed E-state index contributed by atoms with van der Waals surface area (Å²) >= 11 is 11.7. The van der Waals surface area contributed by atoms with Gasteiger partial charge in [0.25, 0.3) is 0 Å². The number of nitrogens with zero attached hydrogens (tertiary/aromatic N) is 1. The van der Waals surface area contributed by atoms with Crippen molar-refractivity contribution in [2.75, 3.05) is 0 Å². The van der Waals surface area contributed by atoms with Crippen LogP contribution in [0.25, 0.3) is 33.1 Å². The molecule has 0 spiro atoms. The summed E-state index contributed by atoms with van der Waals surface area (Å²) in [5, 5.41) is 5.28. The smallest absolute Gasteiger partial charge is 0.344 e. The van der Waals surface area contributed by atoms with Crippen molar-refractivity contribution < 1.29 is 22.9 Å². The Kier molecular flexibility index (Phi) is 5.69. The van der Waals surface area contributed by atoms with Crippen LogP contribution in [0.5, 0.6) is 5.75 Å². The van der Waals surface area contributed by atoms with Gasteiger partial charge < -0.3 is 18.1 Å². The van der Waals surface area contributed by atoms with Crippen molar-refractivity contribution in [3.05, 3.63) is 91.4 Å². The van der Waals surface area contributed by atoms with Crippen LogP contribution in [0.2, 0.25) is 10.2 Å². The molecule has 5 aromatic rings. The number of halogens is 2. The van der Waals surface area contributed by atoms with E-state index in [9.17, 15) is 14.4 Å². The van der Waals surface area contributed by atoms with E-state index in [2.05, 4.69) is 5.16 Å². The minimum absolute atomic E-state index is 0.0221. The van der Waals surface area contributed by atoms with Gasteiger partial charge in [-0.15, -0.1) is 0 Å². The van der Waals surface area contributed by atoms with Gasteiger partial charge >= 0.3 is 17.2 Å². The quantitative estimate of drug-likeness (QED) is 0.180. The van der Waals surface area contributed by atoms with Crippen LogP contribution in [0, 0.1) is 0 Å². The average molecular weight is 498 g/mol. The SMILES string of the molecule is O=C(CCc1cc(Cl)no1)Oc1ccc2c(-c3cc4cc(Cl)ccc4oc3=O)cc(=O)oc2c1. The van der Waals surface area contributed by atoms with Gasteiger partial charge in [-0.25, -0.2) is 9.59 Å². The van der Waals surface area contributed by atoms with Gasteiger partial charge in [0, 0.05) is 46.0 Å². The summed E-state index contributed by atoms with van der Waals surface area (Å²) in [5.41, 5.74) is -0.304. The molecule has 0 N–H and O–H groups in total. The maximum atomic E-state index is 12.7. The van der Waals surface area contributed by atoms with E-state index in [4.69, 9.17) is 41.3 Å². The molecule has 0 atom stereocenters. The van der Waals surface area contributed by atoms with E-state index in [-0.39, 0.29) is 34.9 Å². The molecule has 0 bridgehead atoms. The highest BCUT2D eigenvalue weighted by Crippen LogP contribution is 2.30. The molecule has 3 heterocycles. The number of ether oxygens (including phenoxy) is 1. The lowest BCUT2D eigenvalue weighted by Gasteiger charge is -2.08. The average Bonchev–Trinajstić information content (AvgIpc) is 3.22. The number of aromatic nitrogens is 1. The minimum Gasteiger partial charge on any atom is -0.426 e. The van der Waals surface area contributed by atoms with Gasteiger partial charge in [-0.2, -0.15) is 0 Å². The normalized spacial score (nSPS) is 11.2. The number of carbonyl (C=O) groups excluding carboxylic acids is 1. The molecular weight excluding hydrogens is 485 g/mol. The molecule has 0 amide bonds. The molecule has 0 saturated carbocycles. The molecule has 0 radical (unpaired) electrons. The Bertz CT molecular complexity index is 1680. The van der Waals surface area contributed by atoms with Crippen molar-refractivity contribution in [1.82, 2.24) is 5.16 Å². The molecule has 0 saturated heterocycles. The number of benzene rings is 2. The van der Waals surface area contributed by atoms with E-state index in [1.165, 1.54) is 24.3 Å². The monoisotopic (exact) mass is 497 g/mol. The van der Waals surface area contributed by atoms with Gasteiger partial charge in [0.05, 0.1) is 12.0 Å². The summed E-state index contributed by atoms with van der Waals surface area (Å²) in [4.78, 5) is 37.1. The first-order valence-corrected chi connectivity index (χ1v) is 10.7. The summed E-state index contributed by atoms with van der Waals surface area (Å²) in [6.45, 7) is 0. The summed E-state index contributed by atoms with van der Waals surface area (Å²) in [7, 11) is 0. The fraction of sp³-hybridized carbons (Fsp3) is 0.0833. The standard InChI is InChI=1S/C24H13Cl2NO7/c25-13-1-5-19-12(7-13)8-18(24(30)33-19)17-11-23(29)32-20-9-14(2-4-16(17)20)31-22(28)6-3-15-10-21(26)27-34-15/h1-2,4-5,7-11H,3,6H2. The summed E-state index contributed by atoms with van der Waals surface area (Å²) in [6, 6.07) is 13.7. The second-order valence-electron chi connectivity index (χ2n) is 7.36. The summed E-state index contributed by atoms with van der Waals surface area (Å²) in [5.74, 6) is 0.0924. The van der Waals surface area contributed by atoms with E-state index >= 15 is 0 Å². The van der Waals surface area contributed by atoms with E-state index in [1.807, 2.05) is 0 Å². The third-order valence-corrected chi connectivity index (χ3v) is 5.45. The maximum Gasteiger partial charge on any atom is 0.344 e. The van der Waals surface area contributed by atoms with E-state index in [1.54, 1.807) is 30.3 Å². The zero-order valence-corrected chi connectivity index (χ0v) is 18.7. The maximum absolute atomic E-state index is 12.7. The topological polar surface area (TPSA) is 113 Å². The lowest BCUT2D eigenvalue weighted by atomic mass is 10.0. The molecule has 5 rings (SSSR count). The number of fused-ring (bicyclic) bond motifs is 2. The Morgan fingerprint density at radius 1 is 0.912 bits per heavy atom. The van der Waals surface area contributed by atoms with Crippen molar-refractivity contribution in [2.45, 2.75) is 12.8 Å². The van der Waals surface area contributed by atoms with Crippen LogP contribution in [0.4, 0.5) is 0 Å². The van der Waals surface area contributed by atoms with Crippen molar-refractivity contribution in [3.8, 4) is 16.9 Å². The Morgan fingerprint density at radius 3 is 2.56 bits per heavy atom.